The molecule has 0 aromatic carbocycles. The summed E-state index contributed by atoms with van der Waals surface area (Å²) in [5, 5.41) is 0. The zero-order valence-corrected chi connectivity index (χ0v) is 19.2. The van der Waals surface area contributed by atoms with Crippen LogP contribution in [0.2, 0.25) is 0 Å². The van der Waals surface area contributed by atoms with Crippen LogP contribution in [0.5, 0.6) is 0 Å². The molecule has 0 spiro atoms. The molecule has 0 nitrogen and oxygen atoms in total. The number of unbranched alkanes of at least 4 members (excludes halogenated alkanes) is 3. The molecular formula is C25H52. The van der Waals surface area contributed by atoms with E-state index in [0.717, 1.165) is 35.5 Å². The summed E-state index contributed by atoms with van der Waals surface area (Å²) in [5.41, 5.74) is 0. The first-order valence-electron chi connectivity index (χ1n) is 11.8. The molecule has 0 aliphatic carbocycles. The Kier molecular flexibility index (Phi) is 15.1. The highest BCUT2D eigenvalue weighted by atomic mass is 14.3. The quantitative estimate of drug-likeness (QED) is 0.243. The Balaban J connectivity index is 3.90. The monoisotopic (exact) mass is 352 g/mol. The van der Waals surface area contributed by atoms with Crippen molar-refractivity contribution in [2.45, 2.75) is 126 Å². The Bertz CT molecular complexity index is 282. The van der Waals surface area contributed by atoms with Crippen LogP contribution in [0.25, 0.3) is 0 Å². The van der Waals surface area contributed by atoms with Crippen molar-refractivity contribution >= 4 is 0 Å². The van der Waals surface area contributed by atoms with E-state index in [1.807, 2.05) is 0 Å². The van der Waals surface area contributed by atoms with Gasteiger partial charge in [0.25, 0.3) is 0 Å². The Hall–Kier alpha value is 0. The van der Waals surface area contributed by atoms with Crippen molar-refractivity contribution in [3.63, 3.8) is 0 Å². The lowest BCUT2D eigenvalue weighted by Crippen LogP contribution is -2.22. The van der Waals surface area contributed by atoms with Crippen molar-refractivity contribution in [1.29, 1.82) is 0 Å². The molecule has 0 amide bonds. The normalized spacial score (nSPS) is 19.2. The lowest BCUT2D eigenvalue weighted by molar-refractivity contribution is 0.191. The van der Waals surface area contributed by atoms with Gasteiger partial charge in [0, 0.05) is 0 Å². The van der Waals surface area contributed by atoms with E-state index in [1.165, 1.54) is 70.6 Å². The van der Waals surface area contributed by atoms with Crippen LogP contribution in [0.1, 0.15) is 126 Å². The van der Waals surface area contributed by atoms with Crippen LogP contribution in [0, 0.1) is 35.5 Å². The maximum atomic E-state index is 2.52. The van der Waals surface area contributed by atoms with Crippen LogP contribution in [-0.4, -0.2) is 0 Å². The summed E-state index contributed by atoms with van der Waals surface area (Å²) in [6.45, 7) is 19.5. The van der Waals surface area contributed by atoms with E-state index >= 15 is 0 Å². The molecule has 0 heterocycles. The fourth-order valence-electron chi connectivity index (χ4n) is 4.07. The third-order valence-electron chi connectivity index (χ3n) is 7.48. The molecule has 0 N–H and O–H groups in total. The smallest absolute Gasteiger partial charge is 0.0389 e. The minimum absolute atomic E-state index is 0.874. The fraction of sp³-hybridized carbons (Fsp3) is 1.00. The minimum Gasteiger partial charge on any atom is -0.0651 e. The first-order valence-corrected chi connectivity index (χ1v) is 11.8. The SMILES string of the molecule is CCC(C)CCCCCC(C)C(C)C(C)C(C)CCCCC(C)CC. The first kappa shape index (κ1) is 25.0. The van der Waals surface area contributed by atoms with Gasteiger partial charge in [-0.3, -0.25) is 0 Å². The average molecular weight is 353 g/mol. The maximum absolute atomic E-state index is 2.52. The van der Waals surface area contributed by atoms with E-state index in [1.54, 1.807) is 0 Å². The summed E-state index contributed by atoms with van der Waals surface area (Å²) in [4.78, 5) is 0. The van der Waals surface area contributed by atoms with E-state index in [2.05, 4.69) is 55.4 Å². The maximum Gasteiger partial charge on any atom is -0.0389 e. The van der Waals surface area contributed by atoms with Gasteiger partial charge in [-0.25, -0.2) is 0 Å². The van der Waals surface area contributed by atoms with E-state index in [0.29, 0.717) is 0 Å². The van der Waals surface area contributed by atoms with Crippen molar-refractivity contribution in [3.8, 4) is 0 Å². The predicted molar refractivity (Wildman–Crippen MR) is 117 cm³/mol. The molecule has 0 radical (unpaired) electrons. The van der Waals surface area contributed by atoms with Gasteiger partial charge in [-0.2, -0.15) is 0 Å². The Morgan fingerprint density at radius 1 is 0.440 bits per heavy atom. The molecule has 0 saturated heterocycles. The van der Waals surface area contributed by atoms with Crippen molar-refractivity contribution < 1.29 is 0 Å². The van der Waals surface area contributed by atoms with Crippen molar-refractivity contribution in [2.24, 2.45) is 35.5 Å². The standard InChI is InChI=1S/C25H52/c1-9-20(3)16-12-11-13-18-22(5)24(7)25(8)23(6)19-15-14-17-21(4)10-2/h20-25H,9-19H2,1-8H3. The predicted octanol–water partition coefficient (Wildman–Crippen LogP) is 9.13. The van der Waals surface area contributed by atoms with Gasteiger partial charge in [-0.15, -0.1) is 0 Å². The summed E-state index contributed by atoms with van der Waals surface area (Å²) in [6.07, 6.45) is 15.6. The topological polar surface area (TPSA) is 0 Å². The molecule has 6 atom stereocenters. The van der Waals surface area contributed by atoms with Gasteiger partial charge in [0.2, 0.25) is 0 Å². The molecule has 0 aliphatic rings. The number of hydrogen-bond donors (Lipinski definition) is 0. The van der Waals surface area contributed by atoms with Gasteiger partial charge >= 0.3 is 0 Å². The molecule has 6 unspecified atom stereocenters. The van der Waals surface area contributed by atoms with Crippen molar-refractivity contribution in [3.05, 3.63) is 0 Å². The van der Waals surface area contributed by atoms with Gasteiger partial charge in [0.05, 0.1) is 0 Å². The van der Waals surface area contributed by atoms with Gasteiger partial charge in [0.1, 0.15) is 0 Å². The summed E-state index contributed by atoms with van der Waals surface area (Å²) in [5.74, 6) is 5.38. The molecule has 0 aromatic heterocycles. The highest BCUT2D eigenvalue weighted by Crippen LogP contribution is 2.32. The molecule has 0 bridgehead atoms. The molecule has 0 aliphatic heterocycles. The average Bonchev–Trinajstić information content (AvgIpc) is 2.62. The number of hydrogen-bond acceptors (Lipinski definition) is 0. The Labute approximate surface area is 161 Å². The minimum atomic E-state index is 0.874. The molecule has 0 aromatic rings. The van der Waals surface area contributed by atoms with E-state index < -0.39 is 0 Å². The summed E-state index contributed by atoms with van der Waals surface area (Å²) in [7, 11) is 0. The van der Waals surface area contributed by atoms with Gasteiger partial charge < -0.3 is 0 Å². The highest BCUT2D eigenvalue weighted by Gasteiger charge is 2.23. The van der Waals surface area contributed by atoms with Crippen LogP contribution in [0.4, 0.5) is 0 Å². The molecule has 152 valence electrons. The number of rotatable bonds is 16. The van der Waals surface area contributed by atoms with Gasteiger partial charge in [0.15, 0.2) is 0 Å². The van der Waals surface area contributed by atoms with Crippen LogP contribution in [-0.2, 0) is 0 Å². The molecular weight excluding hydrogens is 300 g/mol. The van der Waals surface area contributed by atoms with Crippen LogP contribution < -0.4 is 0 Å². The van der Waals surface area contributed by atoms with Gasteiger partial charge in [-0.05, 0) is 35.5 Å². The second-order valence-electron chi connectivity index (χ2n) is 9.62. The van der Waals surface area contributed by atoms with Gasteiger partial charge in [-0.1, -0.05) is 126 Å². The van der Waals surface area contributed by atoms with E-state index in [4.69, 9.17) is 0 Å². The van der Waals surface area contributed by atoms with Crippen molar-refractivity contribution in [2.75, 3.05) is 0 Å². The lowest BCUT2D eigenvalue weighted by atomic mass is 9.75. The zero-order valence-electron chi connectivity index (χ0n) is 19.2. The second-order valence-corrected chi connectivity index (χ2v) is 9.62. The van der Waals surface area contributed by atoms with E-state index in [-0.39, 0.29) is 0 Å². The Morgan fingerprint density at radius 3 is 1.16 bits per heavy atom. The first-order chi connectivity index (χ1) is 11.8. The largest absolute Gasteiger partial charge is 0.0651 e. The van der Waals surface area contributed by atoms with E-state index in [9.17, 15) is 0 Å². The third-order valence-corrected chi connectivity index (χ3v) is 7.48. The van der Waals surface area contributed by atoms with Crippen LogP contribution in [0.15, 0.2) is 0 Å². The molecule has 0 fully saturated rings. The highest BCUT2D eigenvalue weighted by molar-refractivity contribution is 4.73. The lowest BCUT2D eigenvalue weighted by Gasteiger charge is -2.31. The zero-order chi connectivity index (χ0) is 19.2. The van der Waals surface area contributed by atoms with Crippen LogP contribution in [0.3, 0.4) is 0 Å². The molecule has 0 saturated carbocycles. The second kappa shape index (κ2) is 15.1. The molecule has 25 heavy (non-hydrogen) atoms. The van der Waals surface area contributed by atoms with Crippen molar-refractivity contribution in [1.82, 2.24) is 0 Å². The summed E-state index contributed by atoms with van der Waals surface area (Å²) < 4.78 is 0. The fourth-order valence-corrected chi connectivity index (χ4v) is 4.07. The molecule has 0 rings (SSSR count). The Morgan fingerprint density at radius 2 is 0.760 bits per heavy atom. The third kappa shape index (κ3) is 12.1. The summed E-state index contributed by atoms with van der Waals surface area (Å²) >= 11 is 0. The molecule has 0 heteroatoms. The summed E-state index contributed by atoms with van der Waals surface area (Å²) in [6, 6.07) is 0. The van der Waals surface area contributed by atoms with Crippen LogP contribution >= 0.6 is 0 Å².